The van der Waals surface area contributed by atoms with Crippen molar-refractivity contribution in [3.8, 4) is 0 Å². The van der Waals surface area contributed by atoms with E-state index in [4.69, 9.17) is 0 Å². The molecular formula is C23H23N5O5. The van der Waals surface area contributed by atoms with Crippen LogP contribution in [0.2, 0.25) is 0 Å². The molecule has 0 saturated carbocycles. The molecule has 0 atom stereocenters. The fourth-order valence-corrected chi connectivity index (χ4v) is 2.85. The highest BCUT2D eigenvalue weighted by atomic mass is 16.5. The summed E-state index contributed by atoms with van der Waals surface area (Å²) in [5, 5.41) is 7.95. The van der Waals surface area contributed by atoms with E-state index in [-0.39, 0.29) is 24.8 Å². The molecule has 33 heavy (non-hydrogen) atoms. The molecule has 3 aromatic rings. The quantitative estimate of drug-likeness (QED) is 0.429. The molecule has 0 aliphatic heterocycles. The number of imidazole rings is 1. The second-order valence-electron chi connectivity index (χ2n) is 6.97. The summed E-state index contributed by atoms with van der Waals surface area (Å²) in [6.07, 6.45) is 5.33. The second kappa shape index (κ2) is 11.2. The van der Waals surface area contributed by atoms with Crippen molar-refractivity contribution in [1.82, 2.24) is 14.9 Å². The van der Waals surface area contributed by atoms with Gasteiger partial charge in [-0.05, 0) is 42.5 Å². The van der Waals surface area contributed by atoms with Gasteiger partial charge in [0.2, 0.25) is 5.91 Å². The average molecular weight is 449 g/mol. The number of anilines is 2. The molecule has 0 aliphatic rings. The Bertz CT molecular complexity index is 1130. The first-order chi connectivity index (χ1) is 15.9. The van der Waals surface area contributed by atoms with Gasteiger partial charge in [0.25, 0.3) is 11.8 Å². The molecule has 3 rings (SSSR count). The number of esters is 1. The third-order valence-corrected chi connectivity index (χ3v) is 4.59. The lowest BCUT2D eigenvalue weighted by molar-refractivity contribution is -0.139. The molecule has 3 N–H and O–H groups in total. The Labute approximate surface area is 190 Å². The van der Waals surface area contributed by atoms with Crippen molar-refractivity contribution in [1.29, 1.82) is 0 Å². The molecule has 0 saturated heterocycles. The van der Waals surface area contributed by atoms with E-state index in [0.717, 1.165) is 0 Å². The molecule has 1 heterocycles. The number of benzene rings is 2. The molecule has 0 unspecified atom stereocenters. The van der Waals surface area contributed by atoms with Gasteiger partial charge in [0, 0.05) is 47.9 Å². The SMILES string of the molecule is COC(=O)CNC(=O)c1ccc(NC(=O)c2cccc(NC(=O)CCn3ccnc3)c2)cc1. The van der Waals surface area contributed by atoms with E-state index >= 15 is 0 Å². The van der Waals surface area contributed by atoms with Crippen LogP contribution in [0.4, 0.5) is 11.4 Å². The largest absolute Gasteiger partial charge is 0.468 e. The summed E-state index contributed by atoms with van der Waals surface area (Å²) in [5.74, 6) is -1.53. The Kier molecular flexibility index (Phi) is 7.90. The van der Waals surface area contributed by atoms with Crippen LogP contribution in [0.5, 0.6) is 0 Å². The topological polar surface area (TPSA) is 131 Å². The number of hydrogen-bond acceptors (Lipinski definition) is 6. The minimum Gasteiger partial charge on any atom is -0.468 e. The van der Waals surface area contributed by atoms with Crippen LogP contribution < -0.4 is 16.0 Å². The number of nitrogens with zero attached hydrogens (tertiary/aromatic N) is 2. The summed E-state index contributed by atoms with van der Waals surface area (Å²) in [6, 6.07) is 12.8. The Balaban J connectivity index is 1.54. The zero-order chi connectivity index (χ0) is 23.6. The van der Waals surface area contributed by atoms with Gasteiger partial charge in [0.1, 0.15) is 6.54 Å². The Hall–Kier alpha value is -4.47. The van der Waals surface area contributed by atoms with Crippen LogP contribution in [0.25, 0.3) is 0 Å². The van der Waals surface area contributed by atoms with Crippen LogP contribution in [0.1, 0.15) is 27.1 Å². The molecule has 0 spiro atoms. The molecule has 170 valence electrons. The number of aromatic nitrogens is 2. The van der Waals surface area contributed by atoms with Crippen molar-refractivity contribution in [2.24, 2.45) is 0 Å². The van der Waals surface area contributed by atoms with E-state index < -0.39 is 11.9 Å². The Morgan fingerprint density at radius 1 is 0.939 bits per heavy atom. The van der Waals surface area contributed by atoms with Crippen LogP contribution in [0.3, 0.4) is 0 Å². The van der Waals surface area contributed by atoms with Crippen LogP contribution >= 0.6 is 0 Å². The monoisotopic (exact) mass is 449 g/mol. The van der Waals surface area contributed by atoms with E-state index in [1.807, 2.05) is 0 Å². The van der Waals surface area contributed by atoms with Crippen molar-refractivity contribution in [3.63, 3.8) is 0 Å². The summed E-state index contributed by atoms with van der Waals surface area (Å²) in [5.41, 5.74) is 1.69. The van der Waals surface area contributed by atoms with Gasteiger partial charge in [-0.2, -0.15) is 0 Å². The van der Waals surface area contributed by atoms with Crippen LogP contribution in [-0.4, -0.2) is 46.9 Å². The number of carbonyl (C=O) groups is 4. The van der Waals surface area contributed by atoms with Crippen LogP contribution in [0, 0.1) is 0 Å². The molecule has 3 amide bonds. The van der Waals surface area contributed by atoms with E-state index in [2.05, 4.69) is 25.7 Å². The molecule has 0 bridgehead atoms. The average Bonchev–Trinajstić information content (AvgIpc) is 3.35. The summed E-state index contributed by atoms with van der Waals surface area (Å²) in [7, 11) is 1.23. The van der Waals surface area contributed by atoms with Crippen molar-refractivity contribution in [2.75, 3.05) is 24.3 Å². The first-order valence-corrected chi connectivity index (χ1v) is 10.1. The Morgan fingerprint density at radius 3 is 2.42 bits per heavy atom. The highest BCUT2D eigenvalue weighted by Gasteiger charge is 2.11. The zero-order valence-electron chi connectivity index (χ0n) is 17.9. The summed E-state index contributed by atoms with van der Waals surface area (Å²) >= 11 is 0. The second-order valence-corrected chi connectivity index (χ2v) is 6.97. The lowest BCUT2D eigenvalue weighted by atomic mass is 10.1. The molecule has 0 aliphatic carbocycles. The maximum Gasteiger partial charge on any atom is 0.325 e. The number of amides is 3. The van der Waals surface area contributed by atoms with Crippen molar-refractivity contribution >= 4 is 35.1 Å². The summed E-state index contributed by atoms with van der Waals surface area (Å²) in [6.45, 7) is 0.271. The molecule has 2 aromatic carbocycles. The zero-order valence-corrected chi connectivity index (χ0v) is 17.9. The van der Waals surface area contributed by atoms with E-state index in [1.165, 1.54) is 19.2 Å². The number of nitrogens with one attached hydrogen (secondary N) is 3. The molecule has 10 nitrogen and oxygen atoms in total. The first-order valence-electron chi connectivity index (χ1n) is 10.1. The maximum absolute atomic E-state index is 12.6. The molecule has 10 heteroatoms. The standard InChI is InChI=1S/C23H23N5O5/c1-33-21(30)14-25-22(31)16-5-7-18(8-6-16)27-23(32)17-3-2-4-19(13-17)26-20(29)9-11-28-12-10-24-15-28/h2-8,10,12-13,15H,9,11,14H2,1H3,(H,25,31)(H,26,29)(H,27,32). The summed E-state index contributed by atoms with van der Waals surface area (Å²) < 4.78 is 6.27. The van der Waals surface area contributed by atoms with Crippen molar-refractivity contribution < 1.29 is 23.9 Å². The van der Waals surface area contributed by atoms with Gasteiger partial charge in [-0.1, -0.05) is 6.07 Å². The van der Waals surface area contributed by atoms with Crippen molar-refractivity contribution in [3.05, 3.63) is 78.4 Å². The number of ether oxygens (including phenoxy) is 1. The molecular weight excluding hydrogens is 426 g/mol. The minimum atomic E-state index is -0.552. The van der Waals surface area contributed by atoms with Crippen LogP contribution in [0.15, 0.2) is 67.3 Å². The van der Waals surface area contributed by atoms with Gasteiger partial charge in [0.15, 0.2) is 0 Å². The molecule has 1 aromatic heterocycles. The normalized spacial score (nSPS) is 10.2. The van der Waals surface area contributed by atoms with E-state index in [1.54, 1.807) is 59.7 Å². The third-order valence-electron chi connectivity index (χ3n) is 4.59. The minimum absolute atomic E-state index is 0.178. The highest BCUT2D eigenvalue weighted by molar-refractivity contribution is 6.05. The predicted molar refractivity (Wildman–Crippen MR) is 121 cm³/mol. The highest BCUT2D eigenvalue weighted by Crippen LogP contribution is 2.15. The lowest BCUT2D eigenvalue weighted by Gasteiger charge is -2.09. The number of rotatable bonds is 9. The van der Waals surface area contributed by atoms with Gasteiger partial charge < -0.3 is 25.3 Å². The van der Waals surface area contributed by atoms with Gasteiger partial charge in [0.05, 0.1) is 13.4 Å². The fraction of sp³-hybridized carbons (Fsp3) is 0.174. The predicted octanol–water partition coefficient (Wildman–Crippen LogP) is 2.07. The first kappa shape index (κ1) is 23.2. The number of methoxy groups -OCH3 is 1. The number of hydrogen-bond donors (Lipinski definition) is 3. The number of carbonyl (C=O) groups excluding carboxylic acids is 4. The molecule has 0 fully saturated rings. The molecule has 0 radical (unpaired) electrons. The number of aryl methyl sites for hydroxylation is 1. The van der Waals surface area contributed by atoms with E-state index in [0.29, 0.717) is 29.0 Å². The van der Waals surface area contributed by atoms with Crippen LogP contribution in [-0.2, 0) is 20.9 Å². The third kappa shape index (κ3) is 7.03. The van der Waals surface area contributed by atoms with Gasteiger partial charge in [-0.15, -0.1) is 0 Å². The van der Waals surface area contributed by atoms with Crippen molar-refractivity contribution in [2.45, 2.75) is 13.0 Å². The summed E-state index contributed by atoms with van der Waals surface area (Å²) in [4.78, 5) is 51.8. The lowest BCUT2D eigenvalue weighted by Crippen LogP contribution is -2.30. The maximum atomic E-state index is 12.6. The smallest absolute Gasteiger partial charge is 0.325 e. The van der Waals surface area contributed by atoms with Gasteiger partial charge in [-0.25, -0.2) is 4.98 Å². The van der Waals surface area contributed by atoms with Gasteiger partial charge >= 0.3 is 5.97 Å². The Morgan fingerprint density at radius 2 is 1.73 bits per heavy atom. The van der Waals surface area contributed by atoms with Gasteiger partial charge in [-0.3, -0.25) is 19.2 Å². The van der Waals surface area contributed by atoms with E-state index in [9.17, 15) is 19.2 Å². The fourth-order valence-electron chi connectivity index (χ4n) is 2.85.